The fourth-order valence-corrected chi connectivity index (χ4v) is 2.75. The van der Waals surface area contributed by atoms with Crippen molar-refractivity contribution in [2.75, 3.05) is 6.61 Å². The zero-order chi connectivity index (χ0) is 16.7. The molecule has 7 nitrogen and oxygen atoms in total. The van der Waals surface area contributed by atoms with Gasteiger partial charge in [0.2, 0.25) is 5.91 Å². The zero-order valence-electron chi connectivity index (χ0n) is 13.2. The molecule has 1 fully saturated rings. The number of nitrogens with one attached hydrogen (secondary N) is 1. The lowest BCUT2D eigenvalue weighted by Gasteiger charge is -2.42. The van der Waals surface area contributed by atoms with E-state index in [1.807, 2.05) is 13.8 Å². The van der Waals surface area contributed by atoms with Crippen LogP contribution in [0.1, 0.15) is 46.0 Å². The van der Waals surface area contributed by atoms with Gasteiger partial charge in [0.25, 0.3) is 0 Å². The first kappa shape index (κ1) is 19.0. The Morgan fingerprint density at radius 1 is 1.14 bits per heavy atom. The van der Waals surface area contributed by atoms with Gasteiger partial charge in [-0.2, -0.15) is 0 Å². The molecule has 1 saturated heterocycles. The highest BCUT2D eigenvalue weighted by atomic mass is 16.6. The van der Waals surface area contributed by atoms with Gasteiger partial charge in [-0.3, -0.25) is 9.59 Å². The van der Waals surface area contributed by atoms with E-state index in [-0.39, 0.29) is 18.1 Å². The van der Waals surface area contributed by atoms with Crippen LogP contribution in [0.5, 0.6) is 0 Å². The van der Waals surface area contributed by atoms with Crippen molar-refractivity contribution in [3.8, 4) is 0 Å². The average Bonchev–Trinajstić information content (AvgIpc) is 2.46. The largest absolute Gasteiger partial charge is 0.394 e. The molecule has 0 aromatic rings. The van der Waals surface area contributed by atoms with E-state index in [9.17, 15) is 24.9 Å². The summed E-state index contributed by atoms with van der Waals surface area (Å²) in [7, 11) is 0. The molecule has 0 aromatic heterocycles. The number of aliphatic hydroxyl groups is 3. The second kappa shape index (κ2) is 9.19. The second-order valence-corrected chi connectivity index (χ2v) is 5.74. The molecular formula is C15H27NO6. The fraction of sp³-hybridized carbons (Fsp3) is 0.867. The number of Topliss-reactive ketones (excluding diaryl/α,β-unsaturated/α-hetero) is 1. The SMILES string of the molecule is CCCC(=O)C[C@H]1[C@H](O)[C@@H](CO)OC(O)[C@@H]1NC(=O)CCC. The van der Waals surface area contributed by atoms with Crippen LogP contribution in [0.3, 0.4) is 0 Å². The lowest BCUT2D eigenvalue weighted by atomic mass is 9.82. The highest BCUT2D eigenvalue weighted by Crippen LogP contribution is 2.28. The number of hydrogen-bond acceptors (Lipinski definition) is 6. The molecule has 1 aliphatic rings. The number of ketones is 1. The van der Waals surface area contributed by atoms with E-state index in [4.69, 9.17) is 4.74 Å². The van der Waals surface area contributed by atoms with Crippen LogP contribution in [0.4, 0.5) is 0 Å². The molecule has 0 radical (unpaired) electrons. The van der Waals surface area contributed by atoms with E-state index in [0.717, 1.165) is 0 Å². The first-order valence-electron chi connectivity index (χ1n) is 7.88. The van der Waals surface area contributed by atoms with Gasteiger partial charge in [-0.1, -0.05) is 13.8 Å². The summed E-state index contributed by atoms with van der Waals surface area (Å²) in [6.45, 7) is 3.27. The molecule has 1 amide bonds. The van der Waals surface area contributed by atoms with Crippen molar-refractivity contribution in [3.05, 3.63) is 0 Å². The molecule has 1 aliphatic heterocycles. The molecule has 0 aromatic carbocycles. The number of carbonyl (C=O) groups is 2. The van der Waals surface area contributed by atoms with Gasteiger partial charge in [-0.15, -0.1) is 0 Å². The lowest BCUT2D eigenvalue weighted by molar-refractivity contribution is -0.241. The summed E-state index contributed by atoms with van der Waals surface area (Å²) >= 11 is 0. The third kappa shape index (κ3) is 5.01. The predicted octanol–water partition coefficient (Wildman–Crippen LogP) is -0.283. The van der Waals surface area contributed by atoms with Crippen LogP contribution in [-0.4, -0.2) is 58.2 Å². The number of carbonyl (C=O) groups excluding carboxylic acids is 2. The average molecular weight is 317 g/mol. The third-order valence-electron chi connectivity index (χ3n) is 3.88. The van der Waals surface area contributed by atoms with Crippen molar-refractivity contribution in [1.82, 2.24) is 5.32 Å². The van der Waals surface area contributed by atoms with E-state index in [2.05, 4.69) is 5.32 Å². The minimum atomic E-state index is -1.36. The van der Waals surface area contributed by atoms with Crippen LogP contribution >= 0.6 is 0 Å². The summed E-state index contributed by atoms with van der Waals surface area (Å²) in [5.74, 6) is -0.995. The minimum absolute atomic E-state index is 0.0308. The molecule has 0 aliphatic carbocycles. The Hall–Kier alpha value is -1.02. The van der Waals surface area contributed by atoms with E-state index in [1.54, 1.807) is 0 Å². The van der Waals surface area contributed by atoms with E-state index in [0.29, 0.717) is 25.7 Å². The smallest absolute Gasteiger partial charge is 0.220 e. The number of ether oxygens (including phenoxy) is 1. The molecule has 0 bridgehead atoms. The van der Waals surface area contributed by atoms with Crippen LogP contribution < -0.4 is 5.32 Å². The van der Waals surface area contributed by atoms with Crippen LogP contribution in [0.2, 0.25) is 0 Å². The Morgan fingerprint density at radius 2 is 1.77 bits per heavy atom. The van der Waals surface area contributed by atoms with Crippen molar-refractivity contribution < 1.29 is 29.6 Å². The van der Waals surface area contributed by atoms with Crippen LogP contribution in [0, 0.1) is 5.92 Å². The fourth-order valence-electron chi connectivity index (χ4n) is 2.75. The highest BCUT2D eigenvalue weighted by Gasteiger charge is 2.45. The Balaban J connectivity index is 2.86. The van der Waals surface area contributed by atoms with Gasteiger partial charge < -0.3 is 25.4 Å². The van der Waals surface area contributed by atoms with E-state index < -0.39 is 37.1 Å². The topological polar surface area (TPSA) is 116 Å². The number of hydrogen-bond donors (Lipinski definition) is 4. The first-order valence-corrected chi connectivity index (χ1v) is 7.88. The van der Waals surface area contributed by atoms with Crippen molar-refractivity contribution in [2.45, 2.75) is 70.5 Å². The molecule has 7 heteroatoms. The van der Waals surface area contributed by atoms with Gasteiger partial charge in [0.15, 0.2) is 6.29 Å². The monoisotopic (exact) mass is 317 g/mol. The summed E-state index contributed by atoms with van der Waals surface area (Å²) in [4.78, 5) is 23.7. The summed E-state index contributed by atoms with van der Waals surface area (Å²) in [5, 5.41) is 32.2. The summed E-state index contributed by atoms with van der Waals surface area (Å²) < 4.78 is 5.14. The van der Waals surface area contributed by atoms with Gasteiger partial charge in [0, 0.05) is 25.2 Å². The molecule has 0 saturated carbocycles. The van der Waals surface area contributed by atoms with Crippen LogP contribution in [-0.2, 0) is 14.3 Å². The molecule has 0 spiro atoms. The van der Waals surface area contributed by atoms with E-state index >= 15 is 0 Å². The van der Waals surface area contributed by atoms with Gasteiger partial charge in [0.1, 0.15) is 11.9 Å². The van der Waals surface area contributed by atoms with Gasteiger partial charge in [0.05, 0.1) is 18.8 Å². The first-order chi connectivity index (χ1) is 10.4. The Bertz CT molecular complexity index is 375. The molecular weight excluding hydrogens is 290 g/mol. The predicted molar refractivity (Wildman–Crippen MR) is 78.8 cm³/mol. The zero-order valence-corrected chi connectivity index (χ0v) is 13.2. The Kier molecular flexibility index (Phi) is 7.95. The minimum Gasteiger partial charge on any atom is -0.394 e. The van der Waals surface area contributed by atoms with Gasteiger partial charge in [-0.05, 0) is 12.8 Å². The Morgan fingerprint density at radius 3 is 2.32 bits per heavy atom. The number of amides is 1. The summed E-state index contributed by atoms with van der Waals surface area (Å²) in [6, 6.07) is -0.863. The molecule has 1 rings (SSSR count). The summed E-state index contributed by atoms with van der Waals surface area (Å²) in [6.07, 6.45) is -1.41. The van der Waals surface area contributed by atoms with Crippen molar-refractivity contribution in [2.24, 2.45) is 5.92 Å². The van der Waals surface area contributed by atoms with Crippen molar-refractivity contribution in [1.29, 1.82) is 0 Å². The number of aliphatic hydroxyl groups excluding tert-OH is 3. The van der Waals surface area contributed by atoms with Crippen molar-refractivity contribution in [3.63, 3.8) is 0 Å². The summed E-state index contributed by atoms with van der Waals surface area (Å²) in [5.41, 5.74) is 0. The van der Waals surface area contributed by atoms with Gasteiger partial charge >= 0.3 is 0 Å². The maximum atomic E-state index is 11.9. The molecule has 22 heavy (non-hydrogen) atoms. The maximum absolute atomic E-state index is 11.9. The molecule has 128 valence electrons. The normalized spacial score (nSPS) is 31.8. The van der Waals surface area contributed by atoms with Crippen molar-refractivity contribution >= 4 is 11.7 Å². The van der Waals surface area contributed by atoms with E-state index in [1.165, 1.54) is 0 Å². The maximum Gasteiger partial charge on any atom is 0.220 e. The van der Waals surface area contributed by atoms with Gasteiger partial charge in [-0.25, -0.2) is 0 Å². The molecule has 1 unspecified atom stereocenters. The van der Waals surface area contributed by atoms with Crippen LogP contribution in [0.25, 0.3) is 0 Å². The highest BCUT2D eigenvalue weighted by molar-refractivity contribution is 5.79. The standard InChI is InChI=1S/C15H27NO6/c1-3-5-9(18)7-10-13(16-12(19)6-4-2)15(21)22-11(8-17)14(10)20/h10-11,13-15,17,20-21H,3-8H2,1-2H3,(H,16,19)/t10-,11-,13-,14+,15?/m1/s1. The quantitative estimate of drug-likeness (QED) is 0.489. The lowest BCUT2D eigenvalue weighted by Crippen LogP contribution is -2.61. The van der Waals surface area contributed by atoms with Crippen LogP contribution in [0.15, 0.2) is 0 Å². The second-order valence-electron chi connectivity index (χ2n) is 5.74. The third-order valence-corrected chi connectivity index (χ3v) is 3.88. The Labute approximate surface area is 130 Å². The molecule has 1 heterocycles. The number of rotatable bonds is 8. The molecule has 5 atom stereocenters. The molecule has 4 N–H and O–H groups in total.